The van der Waals surface area contributed by atoms with Gasteiger partial charge >= 0.3 is 12.1 Å². The Morgan fingerprint density at radius 3 is 2.52 bits per heavy atom. The fraction of sp³-hybridized carbons (Fsp3) is 0.333. The van der Waals surface area contributed by atoms with Crippen LogP contribution < -0.4 is 5.32 Å². The van der Waals surface area contributed by atoms with E-state index in [9.17, 15) is 9.59 Å². The third-order valence-corrected chi connectivity index (χ3v) is 4.70. The van der Waals surface area contributed by atoms with E-state index >= 15 is 0 Å². The zero-order valence-corrected chi connectivity index (χ0v) is 15.6. The van der Waals surface area contributed by atoms with Gasteiger partial charge < -0.3 is 14.8 Å². The highest BCUT2D eigenvalue weighted by atomic mass is 16.6. The summed E-state index contributed by atoms with van der Waals surface area (Å²) in [7, 11) is 1.33. The summed E-state index contributed by atoms with van der Waals surface area (Å²) in [6, 6.07) is 16.6. The van der Waals surface area contributed by atoms with Crippen LogP contribution in [0.2, 0.25) is 0 Å². The predicted octanol–water partition coefficient (Wildman–Crippen LogP) is 3.57. The number of anilines is 1. The maximum Gasteiger partial charge on any atom is 0.412 e. The van der Waals surface area contributed by atoms with E-state index in [-0.39, 0.29) is 12.8 Å². The summed E-state index contributed by atoms with van der Waals surface area (Å²) in [4.78, 5) is 26.7. The van der Waals surface area contributed by atoms with Crippen LogP contribution in [-0.4, -0.2) is 36.3 Å². The summed E-state index contributed by atoms with van der Waals surface area (Å²) in [5, 5.41) is 3.32. The first-order valence-corrected chi connectivity index (χ1v) is 9.05. The van der Waals surface area contributed by atoms with Crippen LogP contribution in [0.5, 0.6) is 0 Å². The molecule has 6 heteroatoms. The molecule has 2 unspecified atom stereocenters. The molecule has 2 aromatic carbocycles. The zero-order chi connectivity index (χ0) is 19.2. The lowest BCUT2D eigenvalue weighted by Gasteiger charge is -2.33. The summed E-state index contributed by atoms with van der Waals surface area (Å²) in [5.74, 6) is -0.452. The SMILES string of the molecule is CCC(C(=O)OC)N(C(=O)OCc1ccccc1)C1Cc2ccccc2N1. The molecule has 0 bridgehead atoms. The number of carbonyl (C=O) groups excluding carboxylic acids is 2. The van der Waals surface area contributed by atoms with Gasteiger partial charge in [-0.2, -0.15) is 0 Å². The topological polar surface area (TPSA) is 67.9 Å². The molecule has 1 N–H and O–H groups in total. The minimum atomic E-state index is -0.718. The van der Waals surface area contributed by atoms with E-state index < -0.39 is 18.1 Å². The molecule has 142 valence electrons. The van der Waals surface area contributed by atoms with Crippen LogP contribution in [0.25, 0.3) is 0 Å². The smallest absolute Gasteiger partial charge is 0.412 e. The number of rotatable bonds is 6. The van der Waals surface area contributed by atoms with Crippen LogP contribution in [0.1, 0.15) is 24.5 Å². The maximum absolute atomic E-state index is 12.9. The standard InChI is InChI=1S/C21H24N2O4/c1-3-18(20(24)26-2)23(19-13-16-11-7-8-12-17(16)22-19)21(25)27-14-15-9-5-4-6-10-15/h4-12,18-19,22H,3,13-14H2,1-2H3. The molecule has 1 heterocycles. The molecular weight excluding hydrogens is 344 g/mol. The van der Waals surface area contributed by atoms with Crippen molar-refractivity contribution in [1.29, 1.82) is 0 Å². The van der Waals surface area contributed by atoms with Gasteiger partial charge in [0.15, 0.2) is 0 Å². The Bertz CT molecular complexity index is 769. The minimum absolute atomic E-state index is 0.146. The van der Waals surface area contributed by atoms with E-state index in [1.807, 2.05) is 61.5 Å². The number of esters is 1. The molecule has 0 fully saturated rings. The van der Waals surface area contributed by atoms with Crippen molar-refractivity contribution in [3.8, 4) is 0 Å². The monoisotopic (exact) mass is 368 g/mol. The van der Waals surface area contributed by atoms with Gasteiger partial charge in [-0.05, 0) is 23.6 Å². The molecule has 2 aromatic rings. The first-order valence-electron chi connectivity index (χ1n) is 9.05. The number of carbonyl (C=O) groups is 2. The first kappa shape index (κ1) is 18.8. The predicted molar refractivity (Wildman–Crippen MR) is 102 cm³/mol. The van der Waals surface area contributed by atoms with Gasteiger partial charge in [0.1, 0.15) is 18.8 Å². The quantitative estimate of drug-likeness (QED) is 0.790. The van der Waals surface area contributed by atoms with E-state index in [0.717, 1.165) is 16.8 Å². The molecule has 0 aromatic heterocycles. The number of fused-ring (bicyclic) bond motifs is 1. The van der Waals surface area contributed by atoms with Crippen molar-refractivity contribution in [2.75, 3.05) is 12.4 Å². The van der Waals surface area contributed by atoms with E-state index in [1.165, 1.54) is 12.0 Å². The Balaban J connectivity index is 1.79. The van der Waals surface area contributed by atoms with Gasteiger partial charge in [0, 0.05) is 12.1 Å². The van der Waals surface area contributed by atoms with Crippen LogP contribution in [0.3, 0.4) is 0 Å². The fourth-order valence-electron chi connectivity index (χ4n) is 3.32. The molecule has 1 aliphatic rings. The first-order chi connectivity index (χ1) is 13.1. The zero-order valence-electron chi connectivity index (χ0n) is 15.6. The van der Waals surface area contributed by atoms with Crippen molar-refractivity contribution in [1.82, 2.24) is 4.90 Å². The number of methoxy groups -OCH3 is 1. The average Bonchev–Trinajstić information content (AvgIpc) is 3.13. The largest absolute Gasteiger partial charge is 0.467 e. The third kappa shape index (κ3) is 4.22. The van der Waals surface area contributed by atoms with Gasteiger partial charge in [-0.1, -0.05) is 55.5 Å². The molecule has 2 atom stereocenters. The summed E-state index contributed by atoms with van der Waals surface area (Å²) in [6.07, 6.45) is 0.127. The van der Waals surface area contributed by atoms with Crippen molar-refractivity contribution in [3.63, 3.8) is 0 Å². The fourth-order valence-corrected chi connectivity index (χ4v) is 3.32. The Hall–Kier alpha value is -3.02. The molecule has 0 saturated carbocycles. The number of hydrogen-bond acceptors (Lipinski definition) is 5. The normalized spacial score (nSPS) is 16.0. The summed E-state index contributed by atoms with van der Waals surface area (Å²) >= 11 is 0. The molecular formula is C21H24N2O4. The molecule has 0 aliphatic carbocycles. The van der Waals surface area contributed by atoms with Gasteiger partial charge in [-0.25, -0.2) is 9.59 Å². The average molecular weight is 368 g/mol. The second-order valence-corrected chi connectivity index (χ2v) is 6.42. The Labute approximate surface area is 159 Å². The third-order valence-electron chi connectivity index (χ3n) is 4.70. The Kier molecular flexibility index (Phi) is 5.96. The van der Waals surface area contributed by atoms with Crippen LogP contribution >= 0.6 is 0 Å². The van der Waals surface area contributed by atoms with Gasteiger partial charge in [0.05, 0.1) is 7.11 Å². The summed E-state index contributed by atoms with van der Waals surface area (Å²) in [6.45, 7) is 1.99. The lowest BCUT2D eigenvalue weighted by Crippen LogP contribution is -2.53. The molecule has 1 aliphatic heterocycles. The Morgan fingerprint density at radius 2 is 1.85 bits per heavy atom. The van der Waals surface area contributed by atoms with Crippen LogP contribution in [0.4, 0.5) is 10.5 Å². The molecule has 3 rings (SSSR count). The molecule has 0 saturated heterocycles. The van der Waals surface area contributed by atoms with Crippen LogP contribution in [0.15, 0.2) is 54.6 Å². The Morgan fingerprint density at radius 1 is 1.15 bits per heavy atom. The van der Waals surface area contributed by atoms with E-state index in [4.69, 9.17) is 9.47 Å². The van der Waals surface area contributed by atoms with Crippen molar-refractivity contribution in [3.05, 3.63) is 65.7 Å². The second kappa shape index (κ2) is 8.58. The van der Waals surface area contributed by atoms with Crippen LogP contribution in [0, 0.1) is 0 Å². The highest BCUT2D eigenvalue weighted by molar-refractivity contribution is 5.82. The number of nitrogens with one attached hydrogen (secondary N) is 1. The molecule has 0 radical (unpaired) electrons. The number of hydrogen-bond donors (Lipinski definition) is 1. The minimum Gasteiger partial charge on any atom is -0.467 e. The molecule has 27 heavy (non-hydrogen) atoms. The maximum atomic E-state index is 12.9. The van der Waals surface area contributed by atoms with Crippen molar-refractivity contribution in [2.45, 2.75) is 38.6 Å². The lowest BCUT2D eigenvalue weighted by molar-refractivity contribution is -0.147. The number of benzene rings is 2. The van der Waals surface area contributed by atoms with Crippen molar-refractivity contribution < 1.29 is 19.1 Å². The van der Waals surface area contributed by atoms with Gasteiger partial charge in [-0.15, -0.1) is 0 Å². The van der Waals surface area contributed by atoms with Gasteiger partial charge in [-0.3, -0.25) is 4.90 Å². The second-order valence-electron chi connectivity index (χ2n) is 6.42. The number of amides is 1. The van der Waals surface area contributed by atoms with E-state index in [0.29, 0.717) is 12.8 Å². The van der Waals surface area contributed by atoms with E-state index in [1.54, 1.807) is 0 Å². The summed E-state index contributed by atoms with van der Waals surface area (Å²) in [5.41, 5.74) is 2.95. The van der Waals surface area contributed by atoms with Gasteiger partial charge in [0.2, 0.25) is 0 Å². The molecule has 6 nitrogen and oxygen atoms in total. The number of nitrogens with zero attached hydrogens (tertiary/aromatic N) is 1. The van der Waals surface area contributed by atoms with Crippen molar-refractivity contribution >= 4 is 17.7 Å². The summed E-state index contributed by atoms with van der Waals surface area (Å²) < 4.78 is 10.4. The van der Waals surface area contributed by atoms with E-state index in [2.05, 4.69) is 5.32 Å². The number of para-hydroxylation sites is 1. The highest BCUT2D eigenvalue weighted by Gasteiger charge is 2.38. The van der Waals surface area contributed by atoms with Crippen LogP contribution in [-0.2, 0) is 27.3 Å². The van der Waals surface area contributed by atoms with Gasteiger partial charge in [0.25, 0.3) is 0 Å². The van der Waals surface area contributed by atoms with Crippen molar-refractivity contribution in [2.24, 2.45) is 0 Å². The lowest BCUT2D eigenvalue weighted by atomic mass is 10.1. The number of ether oxygens (including phenoxy) is 2. The molecule has 1 amide bonds. The highest BCUT2D eigenvalue weighted by Crippen LogP contribution is 2.29. The molecule has 0 spiro atoms.